The number of nitrogens with one attached hydrogen (secondary N) is 2. The molecule has 0 bridgehead atoms. The third-order valence-corrected chi connectivity index (χ3v) is 8.21. The number of carbonyl (C=O) groups excluding carboxylic acids is 1. The van der Waals surface area contributed by atoms with Crippen molar-refractivity contribution in [3.05, 3.63) is 90.3 Å². The second-order valence-electron chi connectivity index (χ2n) is 11.2. The van der Waals surface area contributed by atoms with Gasteiger partial charge in [-0.1, -0.05) is 38.6 Å². The lowest BCUT2D eigenvalue weighted by Crippen LogP contribution is -2.29. The number of rotatable bonds is 22. The monoisotopic (exact) mass is 800 g/mol. The minimum absolute atomic E-state index is 0.0247. The molecule has 56 heavy (non-hydrogen) atoms. The number of H-pyrrole nitrogens is 1. The molecule has 0 radical (unpaired) electrons. The third kappa shape index (κ3) is 13.0. The van der Waals surface area contributed by atoms with Crippen LogP contribution < -0.4 is 20.5 Å². The smallest absolute Gasteiger partial charge is 0.493 e. The molecule has 23 heteroatoms. The first kappa shape index (κ1) is 42.5. The van der Waals surface area contributed by atoms with Gasteiger partial charge in [0.15, 0.2) is 22.4 Å². The standard InChI is InChI=1S/C33H40N10O12S/c1-21(2)24-9-10-28(36-20-24)56(47,48)40-30(34)29(55-27-8-6-5-7-26(27)49-4)32(37-22(3)23-11-12-35-25(19-23)31-38-41-42-39-31)51-16-17-53-33(44)52-15-13-50-14-18-54-43(45)46/h5-12,19-21,37,45-46H,3,13-18H2,1-2,4H3,(H2,34,40)(H,38,39,41,42). The predicted octanol–water partition coefficient (Wildman–Crippen LogP) is 2.54. The van der Waals surface area contributed by atoms with E-state index in [-0.39, 0.29) is 79.5 Å². The molecule has 0 saturated carbocycles. The fourth-order valence-corrected chi connectivity index (χ4v) is 5.15. The van der Waals surface area contributed by atoms with Gasteiger partial charge in [-0.15, -0.1) is 14.6 Å². The number of tetrazole rings is 1. The second kappa shape index (κ2) is 21.0. The van der Waals surface area contributed by atoms with Gasteiger partial charge in [0.2, 0.25) is 17.5 Å². The van der Waals surface area contributed by atoms with Crippen LogP contribution in [0.3, 0.4) is 0 Å². The van der Waals surface area contributed by atoms with Gasteiger partial charge in [-0.3, -0.25) is 15.4 Å². The highest BCUT2D eigenvalue weighted by atomic mass is 32.2. The summed E-state index contributed by atoms with van der Waals surface area (Å²) in [6.07, 6.45) is 1.84. The lowest BCUT2D eigenvalue weighted by molar-refractivity contribution is -0.493. The molecule has 6 N–H and O–H groups in total. The van der Waals surface area contributed by atoms with E-state index in [1.807, 2.05) is 13.8 Å². The molecule has 3 aromatic heterocycles. The molecule has 0 aliphatic rings. The van der Waals surface area contributed by atoms with Gasteiger partial charge >= 0.3 is 16.2 Å². The van der Waals surface area contributed by atoms with Crippen molar-refractivity contribution in [3.8, 4) is 23.0 Å². The number of sulfonamides is 1. The van der Waals surface area contributed by atoms with Gasteiger partial charge in [-0.2, -0.15) is 13.6 Å². The van der Waals surface area contributed by atoms with E-state index in [9.17, 15) is 13.2 Å². The summed E-state index contributed by atoms with van der Waals surface area (Å²) in [6.45, 7) is 6.77. The van der Waals surface area contributed by atoms with Gasteiger partial charge in [0.05, 0.1) is 32.3 Å². The molecule has 0 aliphatic carbocycles. The van der Waals surface area contributed by atoms with Gasteiger partial charge in [-0.25, -0.2) is 14.6 Å². The molecule has 0 aliphatic heterocycles. The maximum atomic E-state index is 13.5. The zero-order chi connectivity index (χ0) is 40.5. The van der Waals surface area contributed by atoms with Crippen molar-refractivity contribution in [1.82, 2.24) is 41.3 Å². The zero-order valence-electron chi connectivity index (χ0n) is 30.4. The summed E-state index contributed by atoms with van der Waals surface area (Å²) < 4.78 is 63.5. The van der Waals surface area contributed by atoms with Crippen LogP contribution in [0.5, 0.6) is 11.5 Å². The van der Waals surface area contributed by atoms with Crippen molar-refractivity contribution in [2.24, 2.45) is 10.1 Å². The van der Waals surface area contributed by atoms with Crippen molar-refractivity contribution in [3.63, 3.8) is 0 Å². The fraction of sp³-hybridized carbons (Fsp3) is 0.303. The molecule has 300 valence electrons. The molecule has 0 saturated heterocycles. The lowest BCUT2D eigenvalue weighted by Gasteiger charge is -2.20. The Hall–Kier alpha value is -6.24. The molecule has 22 nitrogen and oxygen atoms in total. The number of ether oxygens (including phenoxy) is 6. The summed E-state index contributed by atoms with van der Waals surface area (Å²) in [4.78, 5) is 24.9. The second-order valence-corrected chi connectivity index (χ2v) is 12.8. The van der Waals surface area contributed by atoms with Crippen molar-refractivity contribution in [2.75, 3.05) is 46.8 Å². The third-order valence-electron chi connectivity index (χ3n) is 7.01. The van der Waals surface area contributed by atoms with Crippen LogP contribution in [0.2, 0.25) is 0 Å². The van der Waals surface area contributed by atoms with Crippen LogP contribution in [-0.4, -0.2) is 114 Å². The highest BCUT2D eigenvalue weighted by molar-refractivity contribution is 7.90. The van der Waals surface area contributed by atoms with Crippen LogP contribution in [0.1, 0.15) is 30.9 Å². The van der Waals surface area contributed by atoms with Gasteiger partial charge in [-0.05, 0) is 47.0 Å². The summed E-state index contributed by atoms with van der Waals surface area (Å²) in [5.74, 6) is -0.773. The van der Waals surface area contributed by atoms with Crippen LogP contribution in [0, 0.1) is 0 Å². The fourth-order valence-electron chi connectivity index (χ4n) is 4.28. The minimum Gasteiger partial charge on any atom is -0.493 e. The van der Waals surface area contributed by atoms with E-state index in [2.05, 4.69) is 51.7 Å². The Morgan fingerprint density at radius 2 is 1.71 bits per heavy atom. The maximum absolute atomic E-state index is 13.5. The Balaban J connectivity index is 1.64. The number of hydrogen-bond acceptors (Lipinski definition) is 19. The first-order valence-electron chi connectivity index (χ1n) is 16.5. The highest BCUT2D eigenvalue weighted by Crippen LogP contribution is 2.29. The van der Waals surface area contributed by atoms with Crippen molar-refractivity contribution in [1.29, 1.82) is 0 Å². The summed E-state index contributed by atoms with van der Waals surface area (Å²) >= 11 is 0. The average molecular weight is 801 g/mol. The first-order chi connectivity index (χ1) is 26.9. The Bertz CT molecular complexity index is 2060. The lowest BCUT2D eigenvalue weighted by atomic mass is 10.1. The minimum atomic E-state index is -4.51. The van der Waals surface area contributed by atoms with Gasteiger partial charge in [0.25, 0.3) is 0 Å². The van der Waals surface area contributed by atoms with E-state index in [0.29, 0.717) is 11.3 Å². The normalized spacial score (nSPS) is 12.2. The molecule has 0 fully saturated rings. The van der Waals surface area contributed by atoms with Crippen molar-refractivity contribution in [2.45, 2.75) is 24.8 Å². The van der Waals surface area contributed by atoms with Crippen LogP contribution in [0.4, 0.5) is 4.79 Å². The van der Waals surface area contributed by atoms with E-state index in [0.717, 1.165) is 5.56 Å². The van der Waals surface area contributed by atoms with E-state index < -0.39 is 33.2 Å². The van der Waals surface area contributed by atoms with Crippen molar-refractivity contribution >= 4 is 27.7 Å². The molecule has 3 heterocycles. The SMILES string of the molecule is C=C(NC(OCCOC(=O)OCCOCCON(O)O)=C(Oc1ccccc1OC)C(N)=NS(=O)(=O)c1ccc(C(C)C)cn1)c1ccnc(-c2nn[nH]n2)c1. The number of nitrogens with two attached hydrogens (primary N) is 1. The van der Waals surface area contributed by atoms with Gasteiger partial charge < -0.3 is 39.5 Å². The highest BCUT2D eigenvalue weighted by Gasteiger charge is 2.24. The number of methoxy groups -OCH3 is 1. The molecule has 1 aromatic carbocycles. The Morgan fingerprint density at radius 3 is 2.38 bits per heavy atom. The van der Waals surface area contributed by atoms with Crippen LogP contribution in [-0.2, 0) is 33.8 Å². The molecule has 0 unspecified atom stereocenters. The number of carbonyl (C=O) groups is 1. The molecule has 0 spiro atoms. The predicted molar refractivity (Wildman–Crippen MR) is 193 cm³/mol. The maximum Gasteiger partial charge on any atom is 0.508 e. The zero-order valence-corrected chi connectivity index (χ0v) is 31.2. The van der Waals surface area contributed by atoms with E-state index >= 15 is 0 Å². The van der Waals surface area contributed by atoms with Gasteiger partial charge in [0, 0.05) is 23.7 Å². The molecular formula is C33H40N10O12S. The van der Waals surface area contributed by atoms with E-state index in [1.54, 1.807) is 36.4 Å². The molecule has 0 atom stereocenters. The van der Waals surface area contributed by atoms with E-state index in [1.165, 1.54) is 31.6 Å². The number of benzene rings is 1. The Labute approximate surface area is 320 Å². The number of hydrogen-bond donors (Lipinski definition) is 5. The molecular weight excluding hydrogens is 760 g/mol. The molecule has 0 amide bonds. The van der Waals surface area contributed by atoms with Crippen molar-refractivity contribution < 1.29 is 56.9 Å². The number of para-hydroxylation sites is 2. The van der Waals surface area contributed by atoms with Gasteiger partial charge in [0.1, 0.15) is 25.5 Å². The van der Waals surface area contributed by atoms with Crippen LogP contribution >= 0.6 is 0 Å². The molecule has 4 aromatic rings. The summed E-state index contributed by atoms with van der Waals surface area (Å²) in [5, 5.41) is 32.9. The Kier molecular flexibility index (Phi) is 15.9. The number of aromatic amines is 1. The van der Waals surface area contributed by atoms with E-state index in [4.69, 9.17) is 44.6 Å². The number of pyridine rings is 2. The van der Waals surface area contributed by atoms with Crippen LogP contribution in [0.15, 0.2) is 88.6 Å². The first-order valence-corrected chi connectivity index (χ1v) is 17.9. The summed E-state index contributed by atoms with van der Waals surface area (Å²) in [7, 11) is -3.11. The quantitative estimate of drug-likeness (QED) is 0.0190. The number of aromatic nitrogens is 6. The molecule has 4 rings (SSSR count). The van der Waals surface area contributed by atoms with Crippen LogP contribution in [0.25, 0.3) is 17.2 Å². The topological polar surface area (TPSA) is 290 Å². The number of nitrogens with zero attached hydrogens (tertiary/aromatic N) is 7. The largest absolute Gasteiger partial charge is 0.508 e. The average Bonchev–Trinajstić information content (AvgIpc) is 3.73. The number of amidine groups is 1. The Morgan fingerprint density at radius 1 is 1.00 bits per heavy atom. The summed E-state index contributed by atoms with van der Waals surface area (Å²) in [5.41, 5.74) is 8.18. The summed E-state index contributed by atoms with van der Waals surface area (Å²) in [6, 6.07) is 12.6.